The van der Waals surface area contributed by atoms with E-state index in [0.717, 1.165) is 16.2 Å². The molecule has 0 fully saturated rings. The molecule has 0 saturated carbocycles. The van der Waals surface area contributed by atoms with Crippen molar-refractivity contribution in [3.63, 3.8) is 0 Å². The predicted octanol–water partition coefficient (Wildman–Crippen LogP) is 3.12. The van der Waals surface area contributed by atoms with Gasteiger partial charge in [0.15, 0.2) is 18.6 Å². The van der Waals surface area contributed by atoms with E-state index in [4.69, 9.17) is 0 Å². The van der Waals surface area contributed by atoms with Gasteiger partial charge in [-0.1, -0.05) is 22.9 Å². The largest absolute Gasteiger partial charge is 0.185 e. The van der Waals surface area contributed by atoms with Crippen molar-refractivity contribution in [2.24, 2.45) is 0 Å². The van der Waals surface area contributed by atoms with Crippen LogP contribution in [0.1, 0.15) is 12.5 Å². The number of hydrogen-bond donors (Lipinski definition) is 0. The summed E-state index contributed by atoms with van der Waals surface area (Å²) in [6, 6.07) is 4.26. The Labute approximate surface area is 95.7 Å². The van der Waals surface area contributed by atoms with Gasteiger partial charge in [0, 0.05) is 17.5 Å². The van der Waals surface area contributed by atoms with E-state index in [1.54, 1.807) is 0 Å². The number of alkyl halides is 1. The maximum atomic E-state index is 3.44. The molecular weight excluding hydrogens is 294 g/mol. The van der Waals surface area contributed by atoms with Crippen LogP contribution < -0.4 is 4.57 Å². The van der Waals surface area contributed by atoms with E-state index in [1.165, 1.54) is 5.56 Å². The minimum atomic E-state index is 0.843. The van der Waals surface area contributed by atoms with Crippen molar-refractivity contribution in [2.75, 3.05) is 5.33 Å². The first kappa shape index (κ1) is 10.9. The second kappa shape index (κ2) is 5.55. The van der Waals surface area contributed by atoms with E-state index < -0.39 is 0 Å². The van der Waals surface area contributed by atoms with Gasteiger partial charge in [0.2, 0.25) is 0 Å². The van der Waals surface area contributed by atoms with E-state index in [0.29, 0.717) is 0 Å². The molecule has 1 aromatic heterocycles. The standard InChI is InChI=1S/C10H12Br2N/c1-2-9-3-5-13(6-4-9)8-10(12)7-11/h3-6,8H,2,7H2,1H3/q+1. The minimum Gasteiger partial charge on any atom is -0.173 e. The molecule has 0 aliphatic carbocycles. The van der Waals surface area contributed by atoms with Crippen molar-refractivity contribution in [3.05, 3.63) is 34.6 Å². The molecule has 70 valence electrons. The monoisotopic (exact) mass is 304 g/mol. The van der Waals surface area contributed by atoms with Crippen molar-refractivity contribution in [1.29, 1.82) is 0 Å². The van der Waals surface area contributed by atoms with Crippen LogP contribution in [-0.4, -0.2) is 5.33 Å². The zero-order chi connectivity index (χ0) is 9.68. The van der Waals surface area contributed by atoms with Crippen molar-refractivity contribution >= 4 is 38.1 Å². The number of rotatable bonds is 3. The number of aromatic nitrogens is 1. The second-order valence-electron chi connectivity index (χ2n) is 2.72. The Balaban J connectivity index is 2.80. The third-order valence-electron chi connectivity index (χ3n) is 1.75. The fourth-order valence-corrected chi connectivity index (χ4v) is 1.37. The fourth-order valence-electron chi connectivity index (χ4n) is 0.987. The van der Waals surface area contributed by atoms with Gasteiger partial charge in [-0.25, -0.2) is 0 Å². The maximum Gasteiger partial charge on any atom is 0.185 e. The number of allylic oxidation sites excluding steroid dienone is 1. The van der Waals surface area contributed by atoms with Crippen LogP contribution in [0.4, 0.5) is 0 Å². The summed E-state index contributed by atoms with van der Waals surface area (Å²) in [6.45, 7) is 2.16. The van der Waals surface area contributed by atoms with Gasteiger partial charge < -0.3 is 0 Å². The molecule has 0 spiro atoms. The summed E-state index contributed by atoms with van der Waals surface area (Å²) in [7, 11) is 0. The highest BCUT2D eigenvalue weighted by Crippen LogP contribution is 2.07. The molecule has 0 aliphatic rings. The number of hydrogen-bond acceptors (Lipinski definition) is 0. The van der Waals surface area contributed by atoms with E-state index in [1.807, 2.05) is 10.8 Å². The van der Waals surface area contributed by atoms with Gasteiger partial charge in [0.25, 0.3) is 0 Å². The molecule has 1 nitrogen and oxygen atoms in total. The summed E-state index contributed by atoms with van der Waals surface area (Å²) in [6.07, 6.45) is 7.24. The van der Waals surface area contributed by atoms with Gasteiger partial charge in [0.05, 0.1) is 4.48 Å². The fraction of sp³-hybridized carbons (Fsp3) is 0.300. The molecule has 0 aliphatic heterocycles. The molecule has 3 heteroatoms. The summed E-state index contributed by atoms with van der Waals surface area (Å²) in [4.78, 5) is 0. The van der Waals surface area contributed by atoms with Crippen LogP contribution in [0.25, 0.3) is 6.20 Å². The average molecular weight is 306 g/mol. The van der Waals surface area contributed by atoms with E-state index in [9.17, 15) is 0 Å². The summed E-state index contributed by atoms with van der Waals surface area (Å²) >= 11 is 6.81. The lowest BCUT2D eigenvalue weighted by molar-refractivity contribution is -0.568. The first-order chi connectivity index (χ1) is 6.26. The number of halogens is 2. The zero-order valence-corrected chi connectivity index (χ0v) is 10.7. The highest BCUT2D eigenvalue weighted by atomic mass is 79.9. The lowest BCUT2D eigenvalue weighted by Crippen LogP contribution is -2.24. The van der Waals surface area contributed by atoms with Gasteiger partial charge in [-0.3, -0.25) is 0 Å². The number of pyridine rings is 1. The van der Waals surface area contributed by atoms with Crippen molar-refractivity contribution < 1.29 is 4.57 Å². The van der Waals surface area contributed by atoms with Crippen LogP contribution in [-0.2, 0) is 6.42 Å². The van der Waals surface area contributed by atoms with Crippen molar-refractivity contribution in [1.82, 2.24) is 0 Å². The third kappa shape index (κ3) is 3.61. The van der Waals surface area contributed by atoms with Gasteiger partial charge >= 0.3 is 0 Å². The molecule has 0 amide bonds. The Morgan fingerprint density at radius 2 is 2.08 bits per heavy atom. The molecule has 0 atom stereocenters. The van der Waals surface area contributed by atoms with Crippen molar-refractivity contribution in [2.45, 2.75) is 13.3 Å². The highest BCUT2D eigenvalue weighted by Gasteiger charge is 1.98. The molecule has 0 saturated heterocycles. The molecule has 1 aromatic rings. The molecule has 1 rings (SSSR count). The summed E-state index contributed by atoms with van der Waals surface area (Å²) in [5.41, 5.74) is 1.36. The van der Waals surface area contributed by atoms with Gasteiger partial charge in [-0.2, -0.15) is 4.57 Å². The van der Waals surface area contributed by atoms with Crippen LogP contribution >= 0.6 is 31.9 Å². The summed E-state index contributed by atoms with van der Waals surface area (Å²) < 4.78 is 3.16. The third-order valence-corrected chi connectivity index (χ3v) is 3.59. The Morgan fingerprint density at radius 1 is 1.46 bits per heavy atom. The van der Waals surface area contributed by atoms with E-state index in [2.05, 4.69) is 63.3 Å². The minimum absolute atomic E-state index is 0.843. The van der Waals surface area contributed by atoms with Gasteiger partial charge in [-0.05, 0) is 27.9 Å². The maximum absolute atomic E-state index is 3.44. The molecule has 0 bridgehead atoms. The Kier molecular flexibility index (Phi) is 4.67. The first-order valence-corrected chi connectivity index (χ1v) is 6.09. The van der Waals surface area contributed by atoms with Crippen LogP contribution in [0.15, 0.2) is 29.0 Å². The second-order valence-corrected chi connectivity index (χ2v) is 4.30. The topological polar surface area (TPSA) is 3.88 Å². The number of nitrogens with zero attached hydrogens (tertiary/aromatic N) is 1. The highest BCUT2D eigenvalue weighted by molar-refractivity contribution is 9.13. The Hall–Kier alpha value is -0.150. The zero-order valence-electron chi connectivity index (χ0n) is 7.50. The molecule has 0 radical (unpaired) electrons. The Bertz CT molecular complexity index is 290. The molecule has 13 heavy (non-hydrogen) atoms. The smallest absolute Gasteiger partial charge is 0.173 e. The normalized spacial score (nSPS) is 11.8. The van der Waals surface area contributed by atoms with Crippen LogP contribution in [0, 0.1) is 0 Å². The van der Waals surface area contributed by atoms with E-state index in [-0.39, 0.29) is 0 Å². The van der Waals surface area contributed by atoms with E-state index >= 15 is 0 Å². The van der Waals surface area contributed by atoms with Crippen LogP contribution in [0.2, 0.25) is 0 Å². The summed E-state index contributed by atoms with van der Waals surface area (Å²) in [5, 5.41) is 0.843. The average Bonchev–Trinajstić information content (AvgIpc) is 2.19. The van der Waals surface area contributed by atoms with Crippen LogP contribution in [0.3, 0.4) is 0 Å². The molecule has 0 aromatic carbocycles. The van der Waals surface area contributed by atoms with Crippen LogP contribution in [0.5, 0.6) is 0 Å². The lowest BCUT2D eigenvalue weighted by atomic mass is 10.2. The lowest BCUT2D eigenvalue weighted by Gasteiger charge is -1.93. The molecule has 0 N–H and O–H groups in total. The Morgan fingerprint density at radius 3 is 2.54 bits per heavy atom. The first-order valence-electron chi connectivity index (χ1n) is 4.18. The number of aryl methyl sites for hydroxylation is 1. The van der Waals surface area contributed by atoms with Gasteiger partial charge in [-0.15, -0.1) is 0 Å². The van der Waals surface area contributed by atoms with Crippen molar-refractivity contribution in [3.8, 4) is 0 Å². The molecule has 0 unspecified atom stereocenters. The SMILES string of the molecule is CCc1cc[n+](C=C(Br)CBr)cc1. The predicted molar refractivity (Wildman–Crippen MR) is 63.0 cm³/mol. The quantitative estimate of drug-likeness (QED) is 0.597. The molecular formula is C10H12Br2N+. The summed E-state index contributed by atoms with van der Waals surface area (Å²) in [5.74, 6) is 0. The molecule has 1 heterocycles. The van der Waals surface area contributed by atoms with Gasteiger partial charge in [0.1, 0.15) is 0 Å².